The van der Waals surface area contributed by atoms with Gasteiger partial charge in [-0.15, -0.1) is 0 Å². The SMILES string of the molecule is CC(C)(C)OC(=O)n1cc(CCCC(=O)N2CCOCC2)nc1N. The van der Waals surface area contributed by atoms with Crippen LogP contribution in [0.4, 0.5) is 10.7 Å². The Morgan fingerprint density at radius 3 is 2.62 bits per heavy atom. The number of nitrogens with zero attached hydrogens (tertiary/aromatic N) is 3. The fraction of sp³-hybridized carbons (Fsp3) is 0.688. The van der Waals surface area contributed by atoms with E-state index >= 15 is 0 Å². The van der Waals surface area contributed by atoms with Crippen LogP contribution in [0.2, 0.25) is 0 Å². The Labute approximate surface area is 141 Å². The highest BCUT2D eigenvalue weighted by molar-refractivity contribution is 5.76. The van der Waals surface area contributed by atoms with Gasteiger partial charge in [-0.1, -0.05) is 0 Å². The topological polar surface area (TPSA) is 99.7 Å². The summed E-state index contributed by atoms with van der Waals surface area (Å²) < 4.78 is 11.7. The number of carbonyl (C=O) groups is 2. The maximum Gasteiger partial charge on any atom is 0.421 e. The fourth-order valence-electron chi connectivity index (χ4n) is 2.41. The van der Waals surface area contributed by atoms with E-state index in [1.807, 2.05) is 4.90 Å². The molecule has 1 fully saturated rings. The molecule has 1 amide bonds. The van der Waals surface area contributed by atoms with Crippen molar-refractivity contribution in [3.63, 3.8) is 0 Å². The third kappa shape index (κ3) is 5.23. The largest absolute Gasteiger partial charge is 0.443 e. The van der Waals surface area contributed by atoms with Gasteiger partial charge in [0.2, 0.25) is 11.9 Å². The Morgan fingerprint density at radius 1 is 1.33 bits per heavy atom. The van der Waals surface area contributed by atoms with Crippen molar-refractivity contribution in [3.05, 3.63) is 11.9 Å². The predicted molar refractivity (Wildman–Crippen MR) is 88.6 cm³/mol. The molecule has 134 valence electrons. The molecule has 0 radical (unpaired) electrons. The van der Waals surface area contributed by atoms with Crippen LogP contribution in [-0.2, 0) is 20.7 Å². The summed E-state index contributed by atoms with van der Waals surface area (Å²) in [5.74, 6) is 0.219. The highest BCUT2D eigenvalue weighted by Gasteiger charge is 2.21. The Kier molecular flexibility index (Phi) is 5.82. The highest BCUT2D eigenvalue weighted by Crippen LogP contribution is 2.14. The zero-order chi connectivity index (χ0) is 17.7. The lowest BCUT2D eigenvalue weighted by molar-refractivity contribution is -0.135. The standard InChI is InChI=1S/C16H26N4O4/c1-16(2,3)24-15(22)20-11-12(18-14(20)17)5-4-6-13(21)19-7-9-23-10-8-19/h11H,4-10H2,1-3H3,(H2,17,18). The minimum atomic E-state index is -0.599. The van der Waals surface area contributed by atoms with Gasteiger partial charge in [0.25, 0.3) is 0 Å². The third-order valence-corrected chi connectivity index (χ3v) is 3.56. The summed E-state index contributed by atoms with van der Waals surface area (Å²) in [6.07, 6.45) is 2.70. The molecular weight excluding hydrogens is 312 g/mol. The molecule has 1 aromatic heterocycles. The van der Waals surface area contributed by atoms with Crippen molar-refractivity contribution < 1.29 is 19.1 Å². The second-order valence-corrected chi connectivity index (χ2v) is 6.79. The number of aryl methyl sites for hydroxylation is 1. The van der Waals surface area contributed by atoms with Gasteiger partial charge in [0.05, 0.1) is 18.9 Å². The lowest BCUT2D eigenvalue weighted by Gasteiger charge is -2.26. The van der Waals surface area contributed by atoms with Crippen molar-refractivity contribution in [1.82, 2.24) is 14.5 Å². The van der Waals surface area contributed by atoms with Crippen molar-refractivity contribution in [2.45, 2.75) is 45.6 Å². The molecule has 0 spiro atoms. The number of nitrogens with two attached hydrogens (primary N) is 1. The lowest BCUT2D eigenvalue weighted by Crippen LogP contribution is -2.40. The normalized spacial score (nSPS) is 15.4. The maximum atomic E-state index is 12.1. The second-order valence-electron chi connectivity index (χ2n) is 6.79. The van der Waals surface area contributed by atoms with Gasteiger partial charge in [0.15, 0.2) is 0 Å². The number of carbonyl (C=O) groups excluding carboxylic acids is 2. The summed E-state index contributed by atoms with van der Waals surface area (Å²) in [4.78, 5) is 30.1. The van der Waals surface area contributed by atoms with Crippen LogP contribution in [-0.4, -0.2) is 58.4 Å². The average Bonchev–Trinajstić information content (AvgIpc) is 2.87. The lowest BCUT2D eigenvalue weighted by atomic mass is 10.2. The van der Waals surface area contributed by atoms with E-state index in [4.69, 9.17) is 15.2 Å². The molecule has 1 aliphatic rings. The molecule has 1 aliphatic heterocycles. The number of imidazole rings is 1. The number of amides is 1. The van der Waals surface area contributed by atoms with Crippen LogP contribution in [0.3, 0.4) is 0 Å². The predicted octanol–water partition coefficient (Wildman–Crippen LogP) is 1.43. The summed E-state index contributed by atoms with van der Waals surface area (Å²) in [6, 6.07) is 0. The first-order valence-electron chi connectivity index (χ1n) is 8.19. The number of morpholine rings is 1. The van der Waals surface area contributed by atoms with Gasteiger partial charge in [-0.25, -0.2) is 14.3 Å². The van der Waals surface area contributed by atoms with Crippen LogP contribution in [0.15, 0.2) is 6.20 Å². The Bertz CT molecular complexity index is 585. The minimum absolute atomic E-state index is 0.0961. The molecule has 0 unspecified atom stereocenters. The fourth-order valence-corrected chi connectivity index (χ4v) is 2.41. The smallest absolute Gasteiger partial charge is 0.421 e. The zero-order valence-electron chi connectivity index (χ0n) is 14.6. The zero-order valence-corrected chi connectivity index (χ0v) is 14.6. The van der Waals surface area contributed by atoms with Crippen molar-refractivity contribution in [2.75, 3.05) is 32.0 Å². The number of aromatic nitrogens is 2. The summed E-state index contributed by atoms with van der Waals surface area (Å²) in [7, 11) is 0. The Hall–Kier alpha value is -2.09. The Balaban J connectivity index is 1.84. The molecule has 0 saturated carbocycles. The number of ether oxygens (including phenoxy) is 2. The Morgan fingerprint density at radius 2 is 2.00 bits per heavy atom. The average molecular weight is 338 g/mol. The van der Waals surface area contributed by atoms with Crippen molar-refractivity contribution in [1.29, 1.82) is 0 Å². The van der Waals surface area contributed by atoms with Crippen LogP contribution in [0, 0.1) is 0 Å². The van der Waals surface area contributed by atoms with Crippen LogP contribution in [0.25, 0.3) is 0 Å². The van der Waals surface area contributed by atoms with Gasteiger partial charge in [-0.3, -0.25) is 4.79 Å². The van der Waals surface area contributed by atoms with E-state index in [1.54, 1.807) is 27.0 Å². The van der Waals surface area contributed by atoms with Gasteiger partial charge in [0.1, 0.15) is 5.60 Å². The maximum absolute atomic E-state index is 12.1. The van der Waals surface area contributed by atoms with Crippen molar-refractivity contribution in [2.24, 2.45) is 0 Å². The van der Waals surface area contributed by atoms with Crippen LogP contribution >= 0.6 is 0 Å². The molecule has 24 heavy (non-hydrogen) atoms. The summed E-state index contributed by atoms with van der Waals surface area (Å²) in [5.41, 5.74) is 5.85. The molecular formula is C16H26N4O4. The highest BCUT2D eigenvalue weighted by atomic mass is 16.6. The molecule has 0 aromatic carbocycles. The summed E-state index contributed by atoms with van der Waals surface area (Å²) >= 11 is 0. The van der Waals surface area contributed by atoms with E-state index in [2.05, 4.69) is 4.98 Å². The van der Waals surface area contributed by atoms with Crippen LogP contribution in [0.5, 0.6) is 0 Å². The molecule has 0 bridgehead atoms. The number of nitrogen functional groups attached to an aromatic ring is 1. The van der Waals surface area contributed by atoms with Crippen LogP contribution in [0.1, 0.15) is 39.3 Å². The second kappa shape index (κ2) is 7.65. The van der Waals surface area contributed by atoms with Gasteiger partial charge >= 0.3 is 6.09 Å². The molecule has 0 aliphatic carbocycles. The van der Waals surface area contributed by atoms with E-state index in [9.17, 15) is 9.59 Å². The minimum Gasteiger partial charge on any atom is -0.443 e. The van der Waals surface area contributed by atoms with E-state index in [0.29, 0.717) is 51.3 Å². The van der Waals surface area contributed by atoms with E-state index in [0.717, 1.165) is 0 Å². The van der Waals surface area contributed by atoms with Gasteiger partial charge in [-0.2, -0.15) is 0 Å². The monoisotopic (exact) mass is 338 g/mol. The van der Waals surface area contributed by atoms with Gasteiger partial charge < -0.3 is 20.1 Å². The summed E-state index contributed by atoms with van der Waals surface area (Å²) in [5, 5.41) is 0. The number of hydrogen-bond donors (Lipinski definition) is 1. The number of hydrogen-bond acceptors (Lipinski definition) is 6. The van der Waals surface area contributed by atoms with E-state index < -0.39 is 11.7 Å². The first kappa shape index (κ1) is 18.3. The van der Waals surface area contributed by atoms with E-state index in [1.165, 1.54) is 4.57 Å². The first-order valence-corrected chi connectivity index (χ1v) is 8.19. The third-order valence-electron chi connectivity index (χ3n) is 3.56. The molecule has 2 rings (SSSR count). The van der Waals surface area contributed by atoms with Crippen molar-refractivity contribution >= 4 is 17.9 Å². The molecule has 1 aromatic rings. The quantitative estimate of drug-likeness (QED) is 0.891. The van der Waals surface area contributed by atoms with Gasteiger partial charge in [0, 0.05) is 25.7 Å². The van der Waals surface area contributed by atoms with Crippen LogP contribution < -0.4 is 5.73 Å². The molecule has 8 nitrogen and oxygen atoms in total. The number of rotatable bonds is 4. The molecule has 8 heteroatoms. The molecule has 0 atom stereocenters. The molecule has 1 saturated heterocycles. The van der Waals surface area contributed by atoms with E-state index in [-0.39, 0.29) is 11.9 Å². The first-order chi connectivity index (χ1) is 11.3. The molecule has 2 N–H and O–H groups in total. The summed E-state index contributed by atoms with van der Waals surface area (Å²) in [6.45, 7) is 7.87. The van der Waals surface area contributed by atoms with Gasteiger partial charge in [-0.05, 0) is 33.6 Å². The number of anilines is 1. The van der Waals surface area contributed by atoms with Crippen molar-refractivity contribution in [3.8, 4) is 0 Å². The molecule has 2 heterocycles.